The van der Waals surface area contributed by atoms with Crippen molar-refractivity contribution in [3.63, 3.8) is 0 Å². The quantitative estimate of drug-likeness (QED) is 0.167. The van der Waals surface area contributed by atoms with Gasteiger partial charge >= 0.3 is 6.09 Å². The summed E-state index contributed by atoms with van der Waals surface area (Å²) < 4.78 is 113. The Bertz CT molecular complexity index is 898. The Morgan fingerprint density at radius 2 is 1.15 bits per heavy atom. The fourth-order valence-electron chi connectivity index (χ4n) is 2.22. The molecule has 0 unspecified atom stereocenters. The molecule has 0 spiro atoms. The van der Waals surface area contributed by atoms with E-state index < -0.39 is 62.2 Å². The Morgan fingerprint density at radius 3 is 1.62 bits per heavy atom. The summed E-state index contributed by atoms with van der Waals surface area (Å²) in [6.07, 6.45) is -0.556. The number of nitrogens with one attached hydrogen (secondary N) is 2. The van der Waals surface area contributed by atoms with E-state index in [4.69, 9.17) is 18.9 Å². The number of benzene rings is 1. The van der Waals surface area contributed by atoms with Gasteiger partial charge in [-0.3, -0.25) is 0 Å². The first kappa shape index (κ1) is 30.0. The van der Waals surface area contributed by atoms with E-state index in [1.165, 1.54) is 0 Å². The zero-order valence-corrected chi connectivity index (χ0v) is 19.6. The van der Waals surface area contributed by atoms with Gasteiger partial charge in [-0.1, -0.05) is 0 Å². The highest BCUT2D eigenvalue weighted by Crippen LogP contribution is 2.26. The number of rotatable bonds is 14. The van der Waals surface area contributed by atoms with Crippen molar-refractivity contribution < 1.29 is 54.1 Å². The molecule has 1 aromatic carbocycles. The number of hydrogen-bond donors (Lipinski definition) is 2. The molecule has 1 rings (SSSR count). The smallest absolute Gasteiger partial charge is 0.407 e. The number of carbonyl (C=O) groups is 1. The second-order valence-electron chi connectivity index (χ2n) is 7.56. The highest BCUT2D eigenvalue weighted by Gasteiger charge is 2.33. The highest BCUT2D eigenvalue weighted by atomic mass is 32.2. The monoisotopic (exact) mass is 522 g/mol. The largest absolute Gasteiger partial charge is 0.444 e. The SMILES string of the molecule is CC(C)(C)OC(=O)NCCOCCOCCOCCNS(=O)(=O)c1c(F)c(F)c(F)c(F)c1F. The maximum atomic E-state index is 13.6. The van der Waals surface area contributed by atoms with Crippen molar-refractivity contribution in [2.24, 2.45) is 0 Å². The first-order valence-electron chi connectivity index (χ1n) is 9.99. The molecular weight excluding hydrogens is 495 g/mol. The molecule has 0 aliphatic heterocycles. The van der Waals surface area contributed by atoms with E-state index in [9.17, 15) is 35.2 Å². The molecule has 0 aliphatic carbocycles. The van der Waals surface area contributed by atoms with Crippen LogP contribution in [0, 0.1) is 29.1 Å². The number of halogens is 5. The summed E-state index contributed by atoms with van der Waals surface area (Å²) in [7, 11) is -5.02. The molecule has 0 heterocycles. The maximum Gasteiger partial charge on any atom is 0.407 e. The van der Waals surface area contributed by atoms with Crippen LogP contribution in [0.3, 0.4) is 0 Å². The molecule has 1 amide bonds. The van der Waals surface area contributed by atoms with Crippen molar-refractivity contribution in [3.8, 4) is 0 Å². The zero-order chi connectivity index (χ0) is 25.9. The van der Waals surface area contributed by atoms with Gasteiger partial charge in [0.25, 0.3) is 0 Å². The van der Waals surface area contributed by atoms with Crippen LogP contribution in [0.4, 0.5) is 26.7 Å². The normalized spacial score (nSPS) is 12.1. The summed E-state index contributed by atoms with van der Waals surface area (Å²) >= 11 is 0. The molecular formula is C19H27F5N2O7S. The third-order valence-corrected chi connectivity index (χ3v) is 5.12. The van der Waals surface area contributed by atoms with E-state index in [1.807, 2.05) is 0 Å². The lowest BCUT2D eigenvalue weighted by atomic mass is 10.2. The molecule has 1 aromatic rings. The van der Waals surface area contributed by atoms with Crippen molar-refractivity contribution in [2.45, 2.75) is 31.3 Å². The van der Waals surface area contributed by atoms with Crippen molar-refractivity contribution in [1.82, 2.24) is 10.0 Å². The average molecular weight is 522 g/mol. The van der Waals surface area contributed by atoms with Gasteiger partial charge in [0.1, 0.15) is 5.60 Å². The average Bonchev–Trinajstić information content (AvgIpc) is 2.72. The fourth-order valence-corrected chi connectivity index (χ4v) is 3.37. The Hall–Kier alpha value is -2.07. The minimum absolute atomic E-state index is 0.0322. The van der Waals surface area contributed by atoms with Gasteiger partial charge in [-0.2, -0.15) is 0 Å². The lowest BCUT2D eigenvalue weighted by Gasteiger charge is -2.19. The molecule has 0 aromatic heterocycles. The molecule has 196 valence electrons. The summed E-state index contributed by atoms with van der Waals surface area (Å²) in [6, 6.07) is 0. The molecule has 0 atom stereocenters. The summed E-state index contributed by atoms with van der Waals surface area (Å²) in [4.78, 5) is 9.43. The Labute approximate surface area is 193 Å². The van der Waals surface area contributed by atoms with E-state index in [0.717, 1.165) is 0 Å². The van der Waals surface area contributed by atoms with E-state index in [2.05, 4.69) is 5.32 Å². The van der Waals surface area contributed by atoms with Gasteiger partial charge < -0.3 is 24.3 Å². The van der Waals surface area contributed by atoms with E-state index in [0.29, 0.717) is 0 Å². The second kappa shape index (κ2) is 13.7. The number of hydrogen-bond acceptors (Lipinski definition) is 7. The van der Waals surface area contributed by atoms with Gasteiger partial charge in [0.15, 0.2) is 28.2 Å². The van der Waals surface area contributed by atoms with Crippen LogP contribution in [0.5, 0.6) is 0 Å². The minimum Gasteiger partial charge on any atom is -0.444 e. The van der Waals surface area contributed by atoms with Crippen LogP contribution in [-0.2, 0) is 29.0 Å². The molecule has 9 nitrogen and oxygen atoms in total. The van der Waals surface area contributed by atoms with Crippen LogP contribution in [0.2, 0.25) is 0 Å². The molecule has 0 fully saturated rings. The lowest BCUT2D eigenvalue weighted by Crippen LogP contribution is -2.34. The van der Waals surface area contributed by atoms with Crippen LogP contribution in [0.15, 0.2) is 4.90 Å². The molecule has 34 heavy (non-hydrogen) atoms. The first-order valence-corrected chi connectivity index (χ1v) is 11.5. The van der Waals surface area contributed by atoms with Gasteiger partial charge in [-0.05, 0) is 20.8 Å². The third-order valence-electron chi connectivity index (χ3n) is 3.64. The first-order chi connectivity index (χ1) is 15.8. The number of sulfonamides is 1. The van der Waals surface area contributed by atoms with Gasteiger partial charge in [0.2, 0.25) is 15.8 Å². The number of amides is 1. The van der Waals surface area contributed by atoms with Gasteiger partial charge in [0, 0.05) is 13.1 Å². The highest BCUT2D eigenvalue weighted by molar-refractivity contribution is 7.89. The van der Waals surface area contributed by atoms with Crippen LogP contribution >= 0.6 is 0 Å². The van der Waals surface area contributed by atoms with E-state index >= 15 is 0 Å². The van der Waals surface area contributed by atoms with E-state index in [-0.39, 0.29) is 46.2 Å². The third kappa shape index (κ3) is 10.0. The van der Waals surface area contributed by atoms with Crippen molar-refractivity contribution in [2.75, 3.05) is 52.7 Å². The topological polar surface area (TPSA) is 112 Å². The Kier molecular flexibility index (Phi) is 12.1. The molecule has 0 aliphatic rings. The van der Waals surface area contributed by atoms with Crippen molar-refractivity contribution in [3.05, 3.63) is 29.1 Å². The van der Waals surface area contributed by atoms with Crippen LogP contribution in [0.1, 0.15) is 20.8 Å². The standard InChI is InChI=1S/C19H27F5N2O7S/c1-19(2,3)33-18(27)25-4-6-30-8-10-32-11-9-31-7-5-26-34(28,29)17-15(23)13(21)12(20)14(22)16(17)24/h26H,4-11H2,1-3H3,(H,25,27). The predicted molar refractivity (Wildman–Crippen MR) is 108 cm³/mol. The van der Waals surface area contributed by atoms with Crippen molar-refractivity contribution >= 4 is 16.1 Å². The van der Waals surface area contributed by atoms with E-state index in [1.54, 1.807) is 25.5 Å². The molecule has 0 radical (unpaired) electrons. The molecule has 0 saturated heterocycles. The van der Waals surface area contributed by atoms with Crippen molar-refractivity contribution in [1.29, 1.82) is 0 Å². The van der Waals surface area contributed by atoms with Gasteiger partial charge in [-0.15, -0.1) is 0 Å². The molecule has 0 saturated carbocycles. The number of alkyl carbamates (subject to hydrolysis) is 1. The summed E-state index contributed by atoms with van der Waals surface area (Å²) in [5.41, 5.74) is -0.595. The Morgan fingerprint density at radius 1 is 0.735 bits per heavy atom. The predicted octanol–water partition coefficient (Wildman–Crippen LogP) is 2.23. The summed E-state index contributed by atoms with van der Waals surface area (Å²) in [5.74, 6) is -12.1. The maximum absolute atomic E-state index is 13.6. The zero-order valence-electron chi connectivity index (χ0n) is 18.8. The van der Waals surface area contributed by atoms with Gasteiger partial charge in [-0.25, -0.2) is 39.9 Å². The summed E-state index contributed by atoms with van der Waals surface area (Å²) in [5, 5.41) is 2.51. The molecule has 0 bridgehead atoms. The minimum atomic E-state index is -5.02. The fraction of sp³-hybridized carbons (Fsp3) is 0.632. The number of ether oxygens (including phenoxy) is 4. The Balaban J connectivity index is 2.15. The summed E-state index contributed by atoms with van der Waals surface area (Å²) in [6.45, 7) is 5.55. The number of carbonyl (C=O) groups excluding carboxylic acids is 1. The lowest BCUT2D eigenvalue weighted by molar-refractivity contribution is 0.0150. The molecule has 2 N–H and O–H groups in total. The molecule has 15 heteroatoms. The van der Waals surface area contributed by atoms with Gasteiger partial charge in [0.05, 0.1) is 39.6 Å². The van der Waals surface area contributed by atoms with Crippen LogP contribution < -0.4 is 10.0 Å². The van der Waals surface area contributed by atoms with Crippen LogP contribution in [-0.4, -0.2) is 72.8 Å². The second-order valence-corrected chi connectivity index (χ2v) is 9.27. The van der Waals surface area contributed by atoms with Crippen LogP contribution in [0.25, 0.3) is 0 Å².